The van der Waals surface area contributed by atoms with E-state index >= 15 is 0 Å². The molecule has 6 N–H and O–H groups in total. The molecule has 1 aliphatic rings. The zero-order chi connectivity index (χ0) is 43.6. The molecule has 6 unspecified atom stereocenters. The molecule has 0 bridgehead atoms. The third-order valence-electron chi connectivity index (χ3n) is 10.5. The smallest absolute Gasteiger partial charge is 0.462 e. The number of hydrogen-bond acceptors (Lipinski definition) is 12. The lowest BCUT2D eigenvalue weighted by Gasteiger charge is -2.41. The molecule has 0 aromatic rings. The number of aliphatic hydroxyl groups is 5. The number of unbranched alkanes of at least 4 members (excludes halogenated alkanes) is 19. The van der Waals surface area contributed by atoms with E-state index in [9.17, 15) is 44.6 Å². The molecule has 0 radical (unpaired) electrons. The van der Waals surface area contributed by atoms with Crippen LogP contribution in [-0.4, -0.2) is 98.3 Å². The minimum Gasteiger partial charge on any atom is -0.462 e. The van der Waals surface area contributed by atoms with Gasteiger partial charge in [-0.05, 0) is 51.4 Å². The Kier molecular flexibility index (Phi) is 33.3. The lowest BCUT2D eigenvalue weighted by molar-refractivity contribution is -0.220. The summed E-state index contributed by atoms with van der Waals surface area (Å²) in [4.78, 5) is 35.6. The Labute approximate surface area is 355 Å². The van der Waals surface area contributed by atoms with E-state index in [4.69, 9.17) is 18.5 Å². The first kappa shape index (κ1) is 55.1. The zero-order valence-electron chi connectivity index (χ0n) is 36.3. The quantitative estimate of drug-likeness (QED) is 0.0150. The summed E-state index contributed by atoms with van der Waals surface area (Å²) < 4.78 is 33.5. The van der Waals surface area contributed by atoms with Crippen LogP contribution in [0.15, 0.2) is 36.5 Å². The first-order chi connectivity index (χ1) is 28.4. The van der Waals surface area contributed by atoms with Crippen molar-refractivity contribution in [3.63, 3.8) is 0 Å². The molecule has 1 fully saturated rings. The third kappa shape index (κ3) is 28.3. The highest BCUT2D eigenvalue weighted by Gasteiger charge is 2.51. The van der Waals surface area contributed by atoms with Gasteiger partial charge in [0.2, 0.25) is 0 Å². The maximum atomic E-state index is 12.8. The van der Waals surface area contributed by atoms with E-state index in [-0.39, 0.29) is 12.8 Å². The Morgan fingerprint density at radius 1 is 0.525 bits per heavy atom. The van der Waals surface area contributed by atoms with Crippen molar-refractivity contribution in [2.24, 2.45) is 0 Å². The first-order valence-electron chi connectivity index (χ1n) is 22.8. The summed E-state index contributed by atoms with van der Waals surface area (Å²) in [5.74, 6) is -1.14. The maximum absolute atomic E-state index is 12.8. The molecular weight excluding hydrogens is 779 g/mol. The van der Waals surface area contributed by atoms with Crippen molar-refractivity contribution in [3.05, 3.63) is 36.5 Å². The molecular formula is C45H81O13P. The van der Waals surface area contributed by atoms with Crippen LogP contribution in [0.3, 0.4) is 0 Å². The van der Waals surface area contributed by atoms with Crippen molar-refractivity contribution < 1.29 is 63.1 Å². The largest absolute Gasteiger partial charge is 0.472 e. The topological polar surface area (TPSA) is 210 Å². The monoisotopic (exact) mass is 861 g/mol. The minimum absolute atomic E-state index is 0.0494. The first-order valence-corrected chi connectivity index (χ1v) is 24.3. The summed E-state index contributed by atoms with van der Waals surface area (Å²) >= 11 is 0. The molecule has 1 rings (SSSR count). The van der Waals surface area contributed by atoms with Crippen LogP contribution < -0.4 is 0 Å². The van der Waals surface area contributed by atoms with Gasteiger partial charge in [-0.2, -0.15) is 0 Å². The molecule has 14 heteroatoms. The standard InChI is InChI=1S/C45H81O13P/c1-3-5-7-9-11-13-15-17-19-21-23-25-27-29-31-33-38(46)55-35-37(36-56-59(53,54)58-45-43(51)41(49)40(48)42(50)44(45)52)57-39(47)34-32-30-28-26-24-22-20-18-16-14-12-10-8-6-4-2/h12,14,18,20,24,26,37,40-45,48-52H,3-11,13,15-17,19,21-23,25,27-36H2,1-2H3,(H,53,54). The number of rotatable bonds is 37. The Hall–Kier alpha value is -1.93. The SMILES string of the molecule is CCCCCC=CCC=CCC=CCCCCC(=O)OC(COC(=O)CCCCCCCCCCCCCCCCC)COP(=O)(O)OC1C(O)C(O)C(O)C(O)C1O. The van der Waals surface area contributed by atoms with Crippen molar-refractivity contribution in [1.82, 2.24) is 0 Å². The fourth-order valence-electron chi connectivity index (χ4n) is 6.76. The summed E-state index contributed by atoms with van der Waals surface area (Å²) in [6, 6.07) is 0. The van der Waals surface area contributed by atoms with E-state index in [0.29, 0.717) is 12.8 Å². The zero-order valence-corrected chi connectivity index (χ0v) is 37.2. The highest BCUT2D eigenvalue weighted by Crippen LogP contribution is 2.47. The molecule has 0 aliphatic heterocycles. The van der Waals surface area contributed by atoms with E-state index in [1.165, 1.54) is 89.9 Å². The molecule has 1 aliphatic carbocycles. The van der Waals surface area contributed by atoms with Crippen LogP contribution in [-0.2, 0) is 32.7 Å². The van der Waals surface area contributed by atoms with Crippen LogP contribution in [0.25, 0.3) is 0 Å². The van der Waals surface area contributed by atoms with Crippen LogP contribution in [0.1, 0.15) is 181 Å². The number of carbonyl (C=O) groups is 2. The van der Waals surface area contributed by atoms with E-state index in [1.807, 2.05) is 0 Å². The average Bonchev–Trinajstić information content (AvgIpc) is 3.21. The van der Waals surface area contributed by atoms with Gasteiger partial charge in [-0.15, -0.1) is 0 Å². The molecule has 0 aromatic heterocycles. The van der Waals surface area contributed by atoms with Crippen LogP contribution >= 0.6 is 7.82 Å². The molecule has 13 nitrogen and oxygen atoms in total. The molecule has 0 amide bonds. The normalized spacial score (nSPS) is 22.6. The minimum atomic E-state index is -5.12. The number of phosphoric acid groups is 1. The van der Waals surface area contributed by atoms with Crippen molar-refractivity contribution >= 4 is 19.8 Å². The van der Waals surface area contributed by atoms with Crippen LogP contribution in [0.2, 0.25) is 0 Å². The molecule has 1 saturated carbocycles. The number of hydrogen-bond donors (Lipinski definition) is 6. The number of allylic oxidation sites excluding steroid dienone is 6. The summed E-state index contributed by atoms with van der Waals surface area (Å²) in [6.45, 7) is 3.24. The van der Waals surface area contributed by atoms with E-state index in [0.717, 1.165) is 51.4 Å². The average molecular weight is 861 g/mol. The molecule has 59 heavy (non-hydrogen) atoms. The highest BCUT2D eigenvalue weighted by atomic mass is 31.2. The van der Waals surface area contributed by atoms with Crippen molar-refractivity contribution in [3.8, 4) is 0 Å². The lowest BCUT2D eigenvalue weighted by Crippen LogP contribution is -2.64. The van der Waals surface area contributed by atoms with Crippen LogP contribution in [0, 0.1) is 0 Å². The lowest BCUT2D eigenvalue weighted by atomic mass is 9.85. The van der Waals surface area contributed by atoms with Crippen LogP contribution in [0.4, 0.5) is 0 Å². The molecule has 344 valence electrons. The predicted octanol–water partition coefficient (Wildman–Crippen LogP) is 8.61. The van der Waals surface area contributed by atoms with E-state index < -0.39 is 75.7 Å². The number of ether oxygens (including phenoxy) is 2. The van der Waals surface area contributed by atoms with Gasteiger partial charge in [-0.25, -0.2) is 4.57 Å². The molecule has 0 aromatic carbocycles. The van der Waals surface area contributed by atoms with Gasteiger partial charge in [-0.3, -0.25) is 18.6 Å². The Morgan fingerprint density at radius 3 is 1.42 bits per heavy atom. The molecule has 0 heterocycles. The second-order valence-corrected chi connectivity index (χ2v) is 17.3. The van der Waals surface area contributed by atoms with Gasteiger partial charge in [0.25, 0.3) is 0 Å². The van der Waals surface area contributed by atoms with E-state index in [2.05, 4.69) is 50.3 Å². The van der Waals surface area contributed by atoms with Gasteiger partial charge in [0.15, 0.2) is 6.10 Å². The summed E-state index contributed by atoms with van der Waals surface area (Å²) in [7, 11) is -5.12. The van der Waals surface area contributed by atoms with Gasteiger partial charge < -0.3 is 39.9 Å². The third-order valence-corrected chi connectivity index (χ3v) is 11.5. The maximum Gasteiger partial charge on any atom is 0.472 e. The fraction of sp³-hybridized carbons (Fsp3) is 0.822. The number of carbonyl (C=O) groups excluding carboxylic acids is 2. The van der Waals surface area contributed by atoms with Crippen molar-refractivity contribution in [2.45, 2.75) is 224 Å². The van der Waals surface area contributed by atoms with E-state index in [1.54, 1.807) is 0 Å². The van der Waals surface area contributed by atoms with Gasteiger partial charge >= 0.3 is 19.8 Å². The fourth-order valence-corrected chi connectivity index (χ4v) is 7.74. The number of phosphoric ester groups is 1. The Balaban J connectivity index is 2.50. The van der Waals surface area contributed by atoms with Crippen LogP contribution in [0.5, 0.6) is 0 Å². The summed E-state index contributed by atoms with van der Waals surface area (Å²) in [5, 5.41) is 50.1. The Bertz CT molecular complexity index is 1180. The molecule has 0 saturated heterocycles. The predicted molar refractivity (Wildman–Crippen MR) is 230 cm³/mol. The molecule has 0 spiro atoms. The van der Waals surface area contributed by atoms with Gasteiger partial charge in [0.1, 0.15) is 43.2 Å². The summed E-state index contributed by atoms with van der Waals surface area (Å²) in [5.41, 5.74) is 0. The number of esters is 2. The summed E-state index contributed by atoms with van der Waals surface area (Å²) in [6.07, 6.45) is 26.3. The van der Waals surface area contributed by atoms with Gasteiger partial charge in [-0.1, -0.05) is 153 Å². The number of aliphatic hydroxyl groups excluding tert-OH is 5. The van der Waals surface area contributed by atoms with Gasteiger partial charge in [0, 0.05) is 12.8 Å². The Morgan fingerprint density at radius 2 is 0.915 bits per heavy atom. The molecule has 6 atom stereocenters. The second kappa shape index (κ2) is 35.6. The van der Waals surface area contributed by atoms with Crippen molar-refractivity contribution in [1.29, 1.82) is 0 Å². The second-order valence-electron chi connectivity index (χ2n) is 15.9. The highest BCUT2D eigenvalue weighted by molar-refractivity contribution is 7.47. The van der Waals surface area contributed by atoms with Crippen molar-refractivity contribution in [2.75, 3.05) is 13.2 Å². The van der Waals surface area contributed by atoms with Gasteiger partial charge in [0.05, 0.1) is 6.61 Å².